The molecule has 0 aliphatic heterocycles. The number of rotatable bonds is 6. The van der Waals surface area contributed by atoms with Crippen LogP contribution in [0.15, 0.2) is 180 Å². The molecule has 0 N–H and O–H groups in total. The first kappa shape index (κ1) is 17.0. The molecule has 4 heteroatoms. The van der Waals surface area contributed by atoms with Crippen molar-refractivity contribution in [3.05, 3.63) is 176 Å². The smallest absolute Gasteiger partial charge is 0.164 e. The number of nitrogens with zero attached hydrogens (tertiary/aromatic N) is 3. The molecule has 7 aromatic carbocycles. The van der Waals surface area contributed by atoms with Gasteiger partial charge in [0.05, 0.1) is 20.6 Å². The van der Waals surface area contributed by atoms with Crippen molar-refractivity contribution in [2.45, 2.75) is 0 Å². The van der Waals surface area contributed by atoms with E-state index in [1.165, 1.54) is 0 Å². The molecule has 0 aliphatic rings. The van der Waals surface area contributed by atoms with E-state index in [9.17, 15) is 5.48 Å². The van der Waals surface area contributed by atoms with Gasteiger partial charge in [-0.15, -0.1) is 0 Å². The van der Waals surface area contributed by atoms with E-state index >= 15 is 0 Å². The topological polar surface area (TPSA) is 51.8 Å². The second-order valence-electron chi connectivity index (χ2n) is 10.9. The van der Waals surface area contributed by atoms with Crippen LogP contribution in [0.2, 0.25) is 0 Å². The average molecular weight is 643 g/mol. The van der Waals surface area contributed by atoms with Crippen molar-refractivity contribution in [2.24, 2.45) is 0 Å². The number of hydrogen-bond acceptors (Lipinski definition) is 4. The number of para-hydroxylation sites is 2. The minimum Gasteiger partial charge on any atom is -0.455 e. The van der Waals surface area contributed by atoms with Crippen LogP contribution in [0.1, 0.15) is 20.6 Å². The zero-order valence-electron chi connectivity index (χ0n) is 40.3. The van der Waals surface area contributed by atoms with Gasteiger partial charge in [0.25, 0.3) is 0 Å². The Bertz CT molecular complexity index is 3410. The number of fused-ring (bicyclic) bond motifs is 3. The molecule has 9 rings (SSSR count). The third kappa shape index (κ3) is 5.45. The molecule has 0 spiro atoms. The maximum atomic E-state index is 9.84. The summed E-state index contributed by atoms with van der Waals surface area (Å²) in [6.45, 7) is 0. The van der Waals surface area contributed by atoms with Crippen LogP contribution < -0.4 is 0 Å². The Hall–Kier alpha value is -6.65. The van der Waals surface area contributed by atoms with Gasteiger partial charge in [0.2, 0.25) is 0 Å². The van der Waals surface area contributed by atoms with E-state index in [4.69, 9.17) is 34.4 Å². The fourth-order valence-corrected chi connectivity index (χ4v) is 5.49. The van der Waals surface area contributed by atoms with Crippen LogP contribution in [0.3, 0.4) is 0 Å². The summed E-state index contributed by atoms with van der Waals surface area (Å²) in [6, 6.07) is 14.9. The van der Waals surface area contributed by atoms with Crippen molar-refractivity contribution in [2.75, 3.05) is 0 Å². The summed E-state index contributed by atoms with van der Waals surface area (Å²) in [5.74, 6) is -0.112. The fourth-order valence-electron chi connectivity index (χ4n) is 5.49. The molecule has 0 atom stereocenters. The van der Waals surface area contributed by atoms with Gasteiger partial charge in [-0.3, -0.25) is 0 Å². The van der Waals surface area contributed by atoms with Crippen LogP contribution >= 0.6 is 0 Å². The molecule has 0 unspecified atom stereocenters. The molecule has 230 valence electrons. The number of hydrogen-bond donors (Lipinski definition) is 0. The first-order valence-electron chi connectivity index (χ1n) is 22.6. The maximum absolute atomic E-state index is 9.84. The lowest BCUT2D eigenvalue weighted by Gasteiger charge is -2.13. The monoisotopic (exact) mass is 642 g/mol. The van der Waals surface area contributed by atoms with E-state index in [-0.39, 0.29) is 28.2 Å². The Morgan fingerprint density at radius 1 is 0.388 bits per heavy atom. The first-order valence-corrected chi connectivity index (χ1v) is 15.1. The van der Waals surface area contributed by atoms with Crippen LogP contribution in [-0.2, 0) is 0 Å². The van der Waals surface area contributed by atoms with Gasteiger partial charge in [0.1, 0.15) is 11.2 Å². The Morgan fingerprint density at radius 2 is 0.918 bits per heavy atom. The van der Waals surface area contributed by atoms with E-state index < -0.39 is 130 Å². The average Bonchev–Trinajstić information content (AvgIpc) is 3.71. The third-order valence-electron chi connectivity index (χ3n) is 7.83. The minimum atomic E-state index is -0.793. The predicted molar refractivity (Wildman–Crippen MR) is 200 cm³/mol. The summed E-state index contributed by atoms with van der Waals surface area (Å²) >= 11 is 0. The first-order chi connectivity index (χ1) is 30.5. The predicted octanol–water partition coefficient (Wildman–Crippen LogP) is 11.8. The molecule has 9 aromatic rings. The largest absolute Gasteiger partial charge is 0.455 e. The van der Waals surface area contributed by atoms with E-state index in [0.717, 1.165) is 11.1 Å². The normalized spacial score (nSPS) is 15.6. The molecular formula is C45H29N3O. The summed E-state index contributed by atoms with van der Waals surface area (Å²) in [5.41, 5.74) is -0.660. The molecule has 0 aliphatic carbocycles. The summed E-state index contributed by atoms with van der Waals surface area (Å²) in [5, 5.41) is -0.597. The lowest BCUT2D eigenvalue weighted by atomic mass is 9.94. The van der Waals surface area contributed by atoms with Crippen LogP contribution in [0, 0.1) is 0 Å². The Labute approximate surface area is 305 Å². The second kappa shape index (κ2) is 12.2. The van der Waals surface area contributed by atoms with Crippen LogP contribution in [0.25, 0.3) is 89.5 Å². The molecule has 2 aromatic heterocycles. The van der Waals surface area contributed by atoms with Gasteiger partial charge < -0.3 is 4.42 Å². The van der Waals surface area contributed by atoms with E-state index in [1.54, 1.807) is 42.5 Å². The van der Waals surface area contributed by atoms with Crippen molar-refractivity contribution in [1.29, 1.82) is 0 Å². The van der Waals surface area contributed by atoms with Crippen molar-refractivity contribution >= 4 is 21.9 Å². The maximum Gasteiger partial charge on any atom is 0.164 e. The second-order valence-corrected chi connectivity index (χ2v) is 10.9. The quantitative estimate of drug-likeness (QED) is 0.181. The molecule has 0 bridgehead atoms. The number of benzene rings is 7. The van der Waals surface area contributed by atoms with Crippen molar-refractivity contribution < 1.29 is 25.0 Å². The van der Waals surface area contributed by atoms with Gasteiger partial charge in [0, 0.05) is 33.0 Å². The van der Waals surface area contributed by atoms with Gasteiger partial charge in [-0.1, -0.05) is 151 Å². The van der Waals surface area contributed by atoms with Crippen LogP contribution in [0.4, 0.5) is 0 Å². The highest BCUT2D eigenvalue weighted by molar-refractivity contribution is 6.09. The lowest BCUT2D eigenvalue weighted by molar-refractivity contribution is 0.670. The summed E-state index contributed by atoms with van der Waals surface area (Å²) in [4.78, 5) is 14.2. The van der Waals surface area contributed by atoms with Crippen molar-refractivity contribution in [3.8, 4) is 67.5 Å². The molecule has 4 nitrogen and oxygen atoms in total. The van der Waals surface area contributed by atoms with E-state index in [1.807, 2.05) is 42.5 Å². The van der Waals surface area contributed by atoms with E-state index in [2.05, 4.69) is 0 Å². The highest BCUT2D eigenvalue weighted by Gasteiger charge is 2.17. The Kier molecular flexibility index (Phi) is 4.21. The highest BCUT2D eigenvalue weighted by Crippen LogP contribution is 2.39. The van der Waals surface area contributed by atoms with Gasteiger partial charge in [-0.25, -0.2) is 15.0 Å². The molecule has 0 amide bonds. The zero-order chi connectivity index (χ0) is 45.6. The Morgan fingerprint density at radius 3 is 1.65 bits per heavy atom. The van der Waals surface area contributed by atoms with Gasteiger partial charge >= 0.3 is 0 Å². The summed E-state index contributed by atoms with van der Waals surface area (Å²) in [6.07, 6.45) is 0. The Balaban J connectivity index is 1.43. The van der Waals surface area contributed by atoms with Crippen LogP contribution in [0.5, 0.6) is 0 Å². The van der Waals surface area contributed by atoms with E-state index in [0.29, 0.717) is 11.1 Å². The summed E-state index contributed by atoms with van der Waals surface area (Å²) < 4.78 is 139. The number of aromatic nitrogens is 3. The molecule has 0 saturated heterocycles. The molecule has 0 fully saturated rings. The van der Waals surface area contributed by atoms with Crippen molar-refractivity contribution in [1.82, 2.24) is 15.0 Å². The summed E-state index contributed by atoms with van der Waals surface area (Å²) in [7, 11) is 0. The highest BCUT2D eigenvalue weighted by atomic mass is 16.3. The number of furan rings is 1. The molecular weight excluding hydrogens is 599 g/mol. The van der Waals surface area contributed by atoms with Gasteiger partial charge in [-0.05, 0) is 52.0 Å². The third-order valence-corrected chi connectivity index (χ3v) is 7.83. The molecule has 2 heterocycles. The molecule has 49 heavy (non-hydrogen) atoms. The van der Waals surface area contributed by atoms with Crippen molar-refractivity contribution in [3.63, 3.8) is 0 Å². The minimum absolute atomic E-state index is 0.0966. The fraction of sp³-hybridized carbons (Fsp3) is 0. The lowest BCUT2D eigenvalue weighted by Crippen LogP contribution is -2.00. The van der Waals surface area contributed by atoms with Gasteiger partial charge in [0.15, 0.2) is 17.5 Å². The van der Waals surface area contributed by atoms with Crippen LogP contribution in [-0.4, -0.2) is 15.0 Å². The zero-order valence-corrected chi connectivity index (χ0v) is 25.3. The van der Waals surface area contributed by atoms with Gasteiger partial charge in [-0.2, -0.15) is 0 Å². The molecule has 0 radical (unpaired) electrons. The SMILES string of the molecule is [2H]c1c([2H])c([2H])c(-c2c([2H])c(-c3nc(-c4ccccc4)nc(-c4ccc(-c5ccccc5)cc4)n3)c([2H])c(-c3c([2H])c([2H])c([2H])c4c3oc3c([2H])c([2H])c([2H])c([2H])c34)c2[2H])c([2H])c1[2H]. The molecule has 0 saturated carbocycles. The standard InChI is InChI=1S/C45H29N3O/c1-4-13-30(14-5-1)32-23-25-34(26-24-32)44-46-43(33-17-8-3-9-18-33)47-45(48-44)37-28-35(31-15-6-2-7-16-31)27-36(29-37)38-20-12-21-40-39-19-10-11-22-41(39)49-42(38)40/h1-29H/i2D,6D,7D,10D,11D,12D,15D,16D,19D,20D,21D,22D,27D,28D,29D.